The first-order chi connectivity index (χ1) is 6.00. The molecular formula is C5H5N3O5. The largest absolute Gasteiger partial charge is 0.548 e. The summed E-state index contributed by atoms with van der Waals surface area (Å²) in [4.78, 5) is 42.0. The highest BCUT2D eigenvalue weighted by molar-refractivity contribution is 5.97. The lowest BCUT2D eigenvalue weighted by Gasteiger charge is -2.15. The van der Waals surface area contributed by atoms with Crippen LogP contribution in [0.4, 0.5) is 0 Å². The van der Waals surface area contributed by atoms with Gasteiger partial charge >= 0.3 is 0 Å². The Bertz CT molecular complexity index is 279. The molecule has 0 spiro atoms. The summed E-state index contributed by atoms with van der Waals surface area (Å²) in [6.45, 7) is -0.872. The van der Waals surface area contributed by atoms with Crippen LogP contribution in [0.15, 0.2) is 0 Å². The molecule has 2 amide bonds. The normalized spacial score (nSPS) is 17.2. The van der Waals surface area contributed by atoms with E-state index in [-0.39, 0.29) is 4.98 Å². The molecule has 0 unspecified atom stereocenters. The Hall–Kier alpha value is -1.99. The predicted octanol–water partition coefficient (Wildman–Crippen LogP) is -3.31. The molecule has 13 heavy (non-hydrogen) atoms. The number of carboxylic acids is 1. The standard InChI is InChI=1S/C5H5N3O5/c9-3-1-4(10)7(2-5(11)12)8(13)6-3/h1-2H2,(H-,6,9,11,12,13). The molecule has 0 aromatic heterocycles. The smallest absolute Gasteiger partial charge is 0.295 e. The number of rotatable bonds is 2. The second kappa shape index (κ2) is 3.17. The summed E-state index contributed by atoms with van der Waals surface area (Å²) < 4.78 is 0. The highest BCUT2D eigenvalue weighted by Crippen LogP contribution is 1.99. The van der Waals surface area contributed by atoms with Gasteiger partial charge in [0.1, 0.15) is 13.0 Å². The van der Waals surface area contributed by atoms with Gasteiger partial charge in [-0.05, 0) is 5.01 Å². The van der Waals surface area contributed by atoms with Crippen LogP contribution in [0.5, 0.6) is 0 Å². The molecule has 1 aliphatic heterocycles. The van der Waals surface area contributed by atoms with Crippen molar-refractivity contribution in [3.8, 4) is 0 Å². The molecule has 0 saturated carbocycles. The Labute approximate surface area is 71.6 Å². The first kappa shape index (κ1) is 9.10. The highest BCUT2D eigenvalue weighted by atomic mass is 16.4. The lowest BCUT2D eigenvalue weighted by atomic mass is 10.3. The second-order valence-corrected chi connectivity index (χ2v) is 2.31. The van der Waals surface area contributed by atoms with Crippen molar-refractivity contribution < 1.29 is 24.5 Å². The van der Waals surface area contributed by atoms with Gasteiger partial charge in [-0.2, -0.15) is 0 Å². The fourth-order valence-corrected chi connectivity index (χ4v) is 0.811. The van der Waals surface area contributed by atoms with Crippen molar-refractivity contribution in [1.29, 1.82) is 0 Å². The maximum atomic E-state index is 10.9. The number of hydrogen-bond acceptors (Lipinski definition) is 5. The quantitative estimate of drug-likeness (QED) is 0.359. The topological polar surface area (TPSA) is 110 Å². The Balaban J connectivity index is 2.73. The van der Waals surface area contributed by atoms with E-state index < -0.39 is 30.7 Å². The van der Waals surface area contributed by atoms with E-state index in [1.54, 1.807) is 5.43 Å². The van der Waals surface area contributed by atoms with E-state index in [4.69, 9.17) is 0 Å². The molecule has 8 heteroatoms. The Kier molecular flexibility index (Phi) is 2.22. The summed E-state index contributed by atoms with van der Waals surface area (Å²) in [5.74, 6) is -3.22. The summed E-state index contributed by atoms with van der Waals surface area (Å²) in [6, 6.07) is 0. The van der Waals surface area contributed by atoms with Gasteiger partial charge in [0.05, 0.1) is 10.9 Å². The molecule has 1 heterocycles. The highest BCUT2D eigenvalue weighted by Gasteiger charge is 2.38. The molecular weight excluding hydrogens is 182 g/mol. The lowest BCUT2D eigenvalue weighted by Crippen LogP contribution is -2.57. The summed E-state index contributed by atoms with van der Waals surface area (Å²) in [5, 5.41) is 10.4. The summed E-state index contributed by atoms with van der Waals surface area (Å²) in [7, 11) is 0. The van der Waals surface area contributed by atoms with Gasteiger partial charge in [0, 0.05) is 0 Å². The Morgan fingerprint density at radius 1 is 1.62 bits per heavy atom. The number of nitroso groups, excluding NO2 is 1. The zero-order valence-corrected chi connectivity index (χ0v) is 6.35. The molecule has 1 saturated heterocycles. The monoisotopic (exact) mass is 187 g/mol. The van der Waals surface area contributed by atoms with Crippen LogP contribution in [0.2, 0.25) is 0 Å². The molecule has 0 aromatic carbocycles. The molecule has 70 valence electrons. The number of carbonyl (C=O) groups excluding carboxylic acids is 3. The minimum atomic E-state index is -1.58. The van der Waals surface area contributed by atoms with Crippen LogP contribution in [0.1, 0.15) is 6.42 Å². The zero-order chi connectivity index (χ0) is 10.0. The number of hydrogen-bond donors (Lipinski definition) is 1. The summed E-state index contributed by atoms with van der Waals surface area (Å²) in [5.41, 5.74) is 1.72. The average molecular weight is 187 g/mol. The fraction of sp³-hybridized carbons (Fsp3) is 0.400. The van der Waals surface area contributed by atoms with Crippen molar-refractivity contribution in [1.82, 2.24) is 10.4 Å². The van der Waals surface area contributed by atoms with E-state index in [9.17, 15) is 24.4 Å². The first-order valence-electron chi connectivity index (χ1n) is 3.27. The van der Waals surface area contributed by atoms with Crippen LogP contribution in [-0.2, 0) is 14.4 Å². The predicted molar refractivity (Wildman–Crippen MR) is 33.1 cm³/mol. The van der Waals surface area contributed by atoms with Gasteiger partial charge in [-0.25, -0.2) is 0 Å². The number of amides is 2. The van der Waals surface area contributed by atoms with E-state index in [1.807, 2.05) is 0 Å². The van der Waals surface area contributed by atoms with Gasteiger partial charge in [0.25, 0.3) is 16.8 Å². The molecule has 1 aliphatic rings. The molecule has 0 aromatic rings. The number of nitrogens with one attached hydrogen (secondary N) is 1. The van der Waals surface area contributed by atoms with Crippen molar-refractivity contribution in [2.75, 3.05) is 6.54 Å². The van der Waals surface area contributed by atoms with E-state index in [0.717, 1.165) is 0 Å². The molecule has 0 bridgehead atoms. The Morgan fingerprint density at radius 3 is 2.69 bits per heavy atom. The maximum absolute atomic E-state index is 10.9. The number of carbonyl (C=O) groups is 3. The third-order valence-electron chi connectivity index (χ3n) is 1.32. The van der Waals surface area contributed by atoms with Crippen LogP contribution < -0.4 is 10.5 Å². The van der Waals surface area contributed by atoms with E-state index in [2.05, 4.69) is 0 Å². The van der Waals surface area contributed by atoms with E-state index in [1.165, 1.54) is 0 Å². The average Bonchev–Trinajstić information content (AvgIpc) is 1.96. The number of aliphatic carboxylic acids is 1. The van der Waals surface area contributed by atoms with Gasteiger partial charge in [0.15, 0.2) is 0 Å². The molecule has 0 atom stereocenters. The van der Waals surface area contributed by atoms with Gasteiger partial charge in [-0.3, -0.25) is 9.59 Å². The van der Waals surface area contributed by atoms with Crippen LogP contribution in [-0.4, -0.2) is 34.3 Å². The van der Waals surface area contributed by atoms with Gasteiger partial charge in [0.2, 0.25) is 0 Å². The molecule has 1 N–H and O–H groups in total. The fourth-order valence-electron chi connectivity index (χ4n) is 0.811. The third-order valence-corrected chi connectivity index (χ3v) is 1.32. The van der Waals surface area contributed by atoms with Crippen molar-refractivity contribution in [3.63, 3.8) is 0 Å². The molecule has 1 rings (SSSR count). The minimum Gasteiger partial charge on any atom is -0.548 e. The molecule has 0 radical (unpaired) electrons. The van der Waals surface area contributed by atoms with Crippen LogP contribution in [0.3, 0.4) is 0 Å². The van der Waals surface area contributed by atoms with E-state index in [0.29, 0.717) is 5.01 Å². The van der Waals surface area contributed by atoms with Crippen molar-refractivity contribution in [2.45, 2.75) is 6.42 Å². The van der Waals surface area contributed by atoms with Crippen LogP contribution in [0, 0.1) is 4.91 Å². The first-order valence-corrected chi connectivity index (χ1v) is 3.27. The van der Waals surface area contributed by atoms with Gasteiger partial charge in [-0.1, -0.05) is 5.43 Å². The third kappa shape index (κ3) is 1.98. The molecule has 8 nitrogen and oxygen atoms in total. The molecule has 1 fully saturated rings. The van der Waals surface area contributed by atoms with Gasteiger partial charge < -0.3 is 9.90 Å². The number of nitrogens with zero attached hydrogens (tertiary/aromatic N) is 2. The minimum absolute atomic E-state index is 0.218. The number of hydrazine groups is 2. The summed E-state index contributed by atoms with van der Waals surface area (Å²) >= 11 is 0. The van der Waals surface area contributed by atoms with Crippen molar-refractivity contribution >= 4 is 17.8 Å². The molecule has 0 aliphatic carbocycles. The zero-order valence-electron chi connectivity index (χ0n) is 6.35. The second-order valence-electron chi connectivity index (χ2n) is 2.31. The van der Waals surface area contributed by atoms with Crippen LogP contribution in [0.25, 0.3) is 0 Å². The summed E-state index contributed by atoms with van der Waals surface area (Å²) in [6.07, 6.45) is -0.536. The SMILES string of the molecule is O=C([O-])CN1C(=O)CC(=O)N[N+]1=O. The van der Waals surface area contributed by atoms with Crippen molar-refractivity contribution in [3.05, 3.63) is 4.91 Å². The Morgan fingerprint density at radius 2 is 2.23 bits per heavy atom. The van der Waals surface area contributed by atoms with Gasteiger partial charge in [-0.15, -0.1) is 0 Å². The lowest BCUT2D eigenvalue weighted by molar-refractivity contribution is -0.727. The van der Waals surface area contributed by atoms with Crippen molar-refractivity contribution in [2.24, 2.45) is 0 Å². The maximum Gasteiger partial charge on any atom is 0.295 e. The van der Waals surface area contributed by atoms with Crippen LogP contribution >= 0.6 is 0 Å². The van der Waals surface area contributed by atoms with E-state index >= 15 is 0 Å². The number of carboxylic acid groups (broad SMARTS) is 1.